The third-order valence-corrected chi connectivity index (χ3v) is 0.0667. The molecule has 0 amide bonds. The summed E-state index contributed by atoms with van der Waals surface area (Å²) in [5, 5.41) is 14.3. The summed E-state index contributed by atoms with van der Waals surface area (Å²) < 4.78 is 0. The molecule has 0 saturated heterocycles. The molecule has 0 spiro atoms. The molecule has 0 aliphatic carbocycles. The van der Waals surface area contributed by atoms with E-state index in [1.807, 2.05) is 0 Å². The van der Waals surface area contributed by atoms with Gasteiger partial charge in [-0.15, -0.1) is 15.1 Å². The highest BCUT2D eigenvalue weighted by Gasteiger charge is 1.80. The van der Waals surface area contributed by atoms with Crippen LogP contribution in [-0.2, 0) is 4.99 Å². The zero-order chi connectivity index (χ0) is 4.28. The van der Waals surface area contributed by atoms with Gasteiger partial charge in [-0.05, 0) is 0 Å². The van der Waals surface area contributed by atoms with Crippen LogP contribution in [0.15, 0.2) is 0 Å². The minimum absolute atomic E-state index is 0. The van der Waals surface area contributed by atoms with E-state index in [1.165, 1.54) is 0 Å². The fraction of sp³-hybridized carbons (Fsp3) is 0. The normalized spacial score (nSPS) is 5.50. The summed E-state index contributed by atoms with van der Waals surface area (Å²) in [4.78, 5) is 11.2. The molecule has 3 N–H and O–H groups in total. The number of hydrogen-bond acceptors (Lipinski definition) is 4. The first-order chi connectivity index (χ1) is 2.27. The summed E-state index contributed by atoms with van der Waals surface area (Å²) >= 11 is 0. The number of rotatable bonds is 1. The zero-order valence-corrected chi connectivity index (χ0v) is 2.62. The SMILES string of the molecule is O.O=[N+]([O-])OO. The lowest BCUT2D eigenvalue weighted by Crippen LogP contribution is -1.92. The van der Waals surface area contributed by atoms with E-state index in [9.17, 15) is 0 Å². The average molecular weight is 97.0 g/mol. The third-order valence-electron chi connectivity index (χ3n) is 0.0667. The summed E-state index contributed by atoms with van der Waals surface area (Å²) in [6.45, 7) is 0. The first kappa shape index (κ1) is 8.93. The van der Waals surface area contributed by atoms with Crippen LogP contribution in [0.4, 0.5) is 0 Å². The standard InChI is InChI=1S/HNO4.H2O/c2-1(3)5-4;/h4H;1H2. The van der Waals surface area contributed by atoms with Gasteiger partial charge >= 0.3 is 5.09 Å². The zero-order valence-electron chi connectivity index (χ0n) is 2.62. The first-order valence-corrected chi connectivity index (χ1v) is 0.730. The van der Waals surface area contributed by atoms with Crippen LogP contribution in [0.1, 0.15) is 0 Å². The molecule has 6 heteroatoms. The second-order valence-electron chi connectivity index (χ2n) is 0.305. The van der Waals surface area contributed by atoms with Gasteiger partial charge in [0.15, 0.2) is 0 Å². The number of hydrogen-bond donors (Lipinski definition) is 1. The van der Waals surface area contributed by atoms with Crippen molar-refractivity contribution in [2.45, 2.75) is 0 Å². The second kappa shape index (κ2) is 4.12. The van der Waals surface area contributed by atoms with Crippen molar-refractivity contribution in [3.8, 4) is 0 Å². The van der Waals surface area contributed by atoms with Gasteiger partial charge in [0.25, 0.3) is 0 Å². The molecule has 0 radical (unpaired) electrons. The molecule has 0 bridgehead atoms. The van der Waals surface area contributed by atoms with Crippen LogP contribution in [-0.4, -0.2) is 15.8 Å². The largest absolute Gasteiger partial charge is 0.412 e. The Morgan fingerprint density at radius 3 is 2.00 bits per heavy atom. The van der Waals surface area contributed by atoms with Gasteiger partial charge < -0.3 is 5.48 Å². The maximum absolute atomic E-state index is 8.70. The van der Waals surface area contributed by atoms with E-state index in [4.69, 9.17) is 15.4 Å². The number of nitrogens with zero attached hydrogens (tertiary/aromatic N) is 1. The lowest BCUT2D eigenvalue weighted by atomic mass is 13.1. The summed E-state index contributed by atoms with van der Waals surface area (Å²) in [7, 11) is 0. The molecule has 0 aliphatic heterocycles. The molecule has 0 rings (SSSR count). The van der Waals surface area contributed by atoms with Crippen LogP contribution in [0.2, 0.25) is 0 Å². The van der Waals surface area contributed by atoms with Crippen molar-refractivity contribution < 1.29 is 20.8 Å². The highest BCUT2D eigenvalue weighted by molar-refractivity contribution is 3.84. The Labute approximate surface area is 32.3 Å². The van der Waals surface area contributed by atoms with E-state index in [-0.39, 0.29) is 5.48 Å². The van der Waals surface area contributed by atoms with Gasteiger partial charge in [0.05, 0.1) is 0 Å². The predicted octanol–water partition coefficient (Wildman–Crippen LogP) is -1.16. The van der Waals surface area contributed by atoms with Crippen LogP contribution in [0.25, 0.3) is 0 Å². The fourth-order valence-corrected chi connectivity index (χ4v) is 0. The van der Waals surface area contributed by atoms with E-state index in [0.29, 0.717) is 0 Å². The molecule has 0 aliphatic rings. The Hall–Kier alpha value is -0.880. The van der Waals surface area contributed by atoms with Crippen molar-refractivity contribution in [3.63, 3.8) is 0 Å². The maximum atomic E-state index is 8.70. The Kier molecular flexibility index (Phi) is 6.13. The maximum Gasteiger partial charge on any atom is 0.322 e. The minimum atomic E-state index is -1.32. The Bertz CT molecular complexity index is 39.2. The van der Waals surface area contributed by atoms with Gasteiger partial charge in [0.2, 0.25) is 0 Å². The smallest absolute Gasteiger partial charge is 0.322 e. The molecule has 0 saturated carbocycles. The van der Waals surface area contributed by atoms with Crippen LogP contribution in [0.3, 0.4) is 0 Å². The molecule has 0 aromatic carbocycles. The molecule has 0 heterocycles. The molecule has 6 nitrogen and oxygen atoms in total. The van der Waals surface area contributed by atoms with Crippen molar-refractivity contribution in [1.82, 2.24) is 0 Å². The predicted molar refractivity (Wildman–Crippen MR) is 14.3 cm³/mol. The highest BCUT2D eigenvalue weighted by Crippen LogP contribution is 1.56. The third kappa shape index (κ3) is 11.2. The van der Waals surface area contributed by atoms with E-state index in [2.05, 4.69) is 4.99 Å². The average Bonchev–Trinajstić information content (AvgIpc) is 1.38. The fourth-order valence-electron chi connectivity index (χ4n) is 0. The van der Waals surface area contributed by atoms with Gasteiger partial charge in [-0.2, -0.15) is 0 Å². The second-order valence-corrected chi connectivity index (χ2v) is 0.305. The Balaban J connectivity index is 0. The van der Waals surface area contributed by atoms with Crippen molar-refractivity contribution in [3.05, 3.63) is 10.1 Å². The summed E-state index contributed by atoms with van der Waals surface area (Å²) in [6, 6.07) is 0. The molecule has 0 aromatic heterocycles. The van der Waals surface area contributed by atoms with Gasteiger partial charge in [-0.3, -0.25) is 0 Å². The van der Waals surface area contributed by atoms with E-state index in [1.54, 1.807) is 0 Å². The van der Waals surface area contributed by atoms with Gasteiger partial charge in [-0.1, -0.05) is 0 Å². The van der Waals surface area contributed by atoms with Crippen molar-refractivity contribution in [2.75, 3.05) is 0 Å². The topological polar surface area (TPSA) is 104 Å². The van der Waals surface area contributed by atoms with E-state index >= 15 is 0 Å². The van der Waals surface area contributed by atoms with Crippen LogP contribution < -0.4 is 0 Å². The molecular formula is H3NO5. The summed E-state index contributed by atoms with van der Waals surface area (Å²) in [6.07, 6.45) is 0. The van der Waals surface area contributed by atoms with Crippen molar-refractivity contribution in [1.29, 1.82) is 0 Å². The van der Waals surface area contributed by atoms with Gasteiger partial charge in [-0.25, -0.2) is 5.26 Å². The van der Waals surface area contributed by atoms with Gasteiger partial charge in [0.1, 0.15) is 0 Å². The van der Waals surface area contributed by atoms with Crippen LogP contribution in [0.5, 0.6) is 0 Å². The molecule has 0 fully saturated rings. The lowest BCUT2D eigenvalue weighted by molar-refractivity contribution is -0.846. The Morgan fingerprint density at radius 1 is 1.83 bits per heavy atom. The minimum Gasteiger partial charge on any atom is -0.412 e. The molecule has 0 atom stereocenters. The molecule has 0 aromatic rings. The monoisotopic (exact) mass is 97.0 g/mol. The summed E-state index contributed by atoms with van der Waals surface area (Å²) in [5.74, 6) is 0. The van der Waals surface area contributed by atoms with Crippen molar-refractivity contribution >= 4 is 0 Å². The summed E-state index contributed by atoms with van der Waals surface area (Å²) in [5.41, 5.74) is 0. The molecular weight excluding hydrogens is 94.0 g/mol. The van der Waals surface area contributed by atoms with E-state index < -0.39 is 5.09 Å². The van der Waals surface area contributed by atoms with E-state index in [0.717, 1.165) is 0 Å². The molecule has 6 heavy (non-hydrogen) atoms. The highest BCUT2D eigenvalue weighted by atomic mass is 17.3. The molecule has 0 unspecified atom stereocenters. The lowest BCUT2D eigenvalue weighted by Gasteiger charge is -1.72. The Morgan fingerprint density at radius 2 is 2.00 bits per heavy atom. The van der Waals surface area contributed by atoms with Crippen LogP contribution in [0, 0.1) is 10.1 Å². The molecule has 38 valence electrons. The van der Waals surface area contributed by atoms with Crippen molar-refractivity contribution in [2.24, 2.45) is 0 Å². The quantitative estimate of drug-likeness (QED) is 0.253. The first-order valence-electron chi connectivity index (χ1n) is 0.730. The van der Waals surface area contributed by atoms with Crippen LogP contribution >= 0.6 is 0 Å². The van der Waals surface area contributed by atoms with Gasteiger partial charge in [0, 0.05) is 0 Å².